The van der Waals surface area contributed by atoms with Crippen molar-refractivity contribution in [3.63, 3.8) is 0 Å². The number of ether oxygens (including phenoxy) is 2. The molecular formula is C18H17NO3. The van der Waals surface area contributed by atoms with Crippen LogP contribution in [0.15, 0.2) is 42.0 Å². The monoisotopic (exact) mass is 295 g/mol. The van der Waals surface area contributed by atoms with Crippen molar-refractivity contribution in [2.45, 2.75) is 13.8 Å². The van der Waals surface area contributed by atoms with Gasteiger partial charge in [0, 0.05) is 0 Å². The van der Waals surface area contributed by atoms with E-state index in [1.807, 2.05) is 42.5 Å². The van der Waals surface area contributed by atoms with Crippen LogP contribution in [0.5, 0.6) is 5.75 Å². The maximum Gasteiger partial charge on any atom is 0.349 e. The number of nitriles is 1. The minimum Gasteiger partial charge on any atom is -0.497 e. The van der Waals surface area contributed by atoms with Gasteiger partial charge in [0.2, 0.25) is 0 Å². The molecule has 2 aromatic rings. The van der Waals surface area contributed by atoms with Crippen LogP contribution < -0.4 is 4.74 Å². The predicted octanol–water partition coefficient (Wildman–Crippen LogP) is 3.71. The second kappa shape index (κ2) is 6.77. The van der Waals surface area contributed by atoms with E-state index >= 15 is 0 Å². The van der Waals surface area contributed by atoms with Crippen molar-refractivity contribution in [2.24, 2.45) is 0 Å². The maximum absolute atomic E-state index is 11.8. The molecular weight excluding hydrogens is 278 g/mol. The quantitative estimate of drug-likeness (QED) is 0.490. The molecule has 0 aromatic heterocycles. The minimum absolute atomic E-state index is 0.0368. The number of benzene rings is 2. The molecule has 0 atom stereocenters. The second-order valence-electron chi connectivity index (χ2n) is 4.76. The van der Waals surface area contributed by atoms with Crippen LogP contribution in [0.1, 0.15) is 19.4 Å². The molecule has 0 saturated heterocycles. The van der Waals surface area contributed by atoms with Gasteiger partial charge in [-0.3, -0.25) is 0 Å². The number of fused-ring (bicyclic) bond motifs is 1. The van der Waals surface area contributed by atoms with E-state index in [-0.39, 0.29) is 12.2 Å². The Morgan fingerprint density at radius 3 is 2.50 bits per heavy atom. The number of hydrogen-bond acceptors (Lipinski definition) is 4. The van der Waals surface area contributed by atoms with Gasteiger partial charge in [-0.2, -0.15) is 5.26 Å². The van der Waals surface area contributed by atoms with E-state index in [9.17, 15) is 10.1 Å². The van der Waals surface area contributed by atoms with Crippen molar-refractivity contribution in [2.75, 3.05) is 13.7 Å². The molecule has 0 aliphatic heterocycles. The van der Waals surface area contributed by atoms with E-state index in [0.29, 0.717) is 5.57 Å². The van der Waals surface area contributed by atoms with Gasteiger partial charge < -0.3 is 9.47 Å². The van der Waals surface area contributed by atoms with Gasteiger partial charge in [-0.1, -0.05) is 18.2 Å². The molecule has 112 valence electrons. The molecule has 0 heterocycles. The van der Waals surface area contributed by atoms with Crippen molar-refractivity contribution < 1.29 is 14.3 Å². The topological polar surface area (TPSA) is 59.3 Å². The number of carbonyl (C=O) groups excluding carboxylic acids is 1. The Morgan fingerprint density at radius 1 is 1.18 bits per heavy atom. The van der Waals surface area contributed by atoms with Gasteiger partial charge in [0.1, 0.15) is 17.4 Å². The summed E-state index contributed by atoms with van der Waals surface area (Å²) in [6.07, 6.45) is 0. The van der Waals surface area contributed by atoms with Crippen molar-refractivity contribution in [1.82, 2.24) is 0 Å². The third-order valence-electron chi connectivity index (χ3n) is 3.45. The summed E-state index contributed by atoms with van der Waals surface area (Å²) in [5, 5.41) is 11.3. The van der Waals surface area contributed by atoms with E-state index in [4.69, 9.17) is 9.47 Å². The lowest BCUT2D eigenvalue weighted by molar-refractivity contribution is -0.137. The van der Waals surface area contributed by atoms with Crippen molar-refractivity contribution in [1.29, 1.82) is 5.26 Å². The molecule has 22 heavy (non-hydrogen) atoms. The van der Waals surface area contributed by atoms with Crippen LogP contribution in [0.25, 0.3) is 16.3 Å². The number of carbonyl (C=O) groups is 1. The summed E-state index contributed by atoms with van der Waals surface area (Å²) in [4.78, 5) is 11.8. The SMILES string of the molecule is CCOC(=O)C(C#N)=C(C)c1ccc2cc(OC)ccc2c1. The summed E-state index contributed by atoms with van der Waals surface area (Å²) in [7, 11) is 1.63. The average molecular weight is 295 g/mol. The third-order valence-corrected chi connectivity index (χ3v) is 3.45. The van der Waals surface area contributed by atoms with Crippen molar-refractivity contribution in [3.8, 4) is 11.8 Å². The van der Waals surface area contributed by atoms with Gasteiger partial charge in [0.25, 0.3) is 0 Å². The first-order valence-corrected chi connectivity index (χ1v) is 6.97. The van der Waals surface area contributed by atoms with Crippen LogP contribution in [0.3, 0.4) is 0 Å². The Hall–Kier alpha value is -2.80. The zero-order chi connectivity index (χ0) is 16.1. The third kappa shape index (κ3) is 3.09. The van der Waals surface area contributed by atoms with Crippen LogP contribution in [0.2, 0.25) is 0 Å². The standard InChI is InChI=1S/C18H17NO3/c1-4-22-18(20)17(11-19)12(2)13-5-6-15-10-16(21-3)8-7-14(15)9-13/h5-10H,4H2,1-3H3. The first-order chi connectivity index (χ1) is 10.6. The van der Waals surface area contributed by atoms with Gasteiger partial charge >= 0.3 is 5.97 Å². The van der Waals surface area contributed by atoms with Gasteiger partial charge in [-0.05, 0) is 54.0 Å². The highest BCUT2D eigenvalue weighted by molar-refractivity contribution is 6.02. The molecule has 0 aliphatic rings. The highest BCUT2D eigenvalue weighted by atomic mass is 16.5. The van der Waals surface area contributed by atoms with Crippen molar-refractivity contribution >= 4 is 22.3 Å². The Kier molecular flexibility index (Phi) is 4.80. The normalized spacial score (nSPS) is 11.5. The molecule has 0 unspecified atom stereocenters. The van der Waals surface area contributed by atoms with Gasteiger partial charge in [0.05, 0.1) is 13.7 Å². The zero-order valence-corrected chi connectivity index (χ0v) is 12.8. The molecule has 0 N–H and O–H groups in total. The summed E-state index contributed by atoms with van der Waals surface area (Å²) in [6.45, 7) is 3.71. The fraction of sp³-hybridized carbons (Fsp3) is 0.222. The van der Waals surface area contributed by atoms with Crippen molar-refractivity contribution in [3.05, 3.63) is 47.5 Å². The maximum atomic E-state index is 11.8. The van der Waals surface area contributed by atoms with E-state index in [1.54, 1.807) is 21.0 Å². The summed E-state index contributed by atoms with van der Waals surface area (Å²) < 4.78 is 10.1. The first kappa shape index (κ1) is 15.6. The predicted molar refractivity (Wildman–Crippen MR) is 85.3 cm³/mol. The largest absolute Gasteiger partial charge is 0.497 e. The molecule has 2 aromatic carbocycles. The van der Waals surface area contributed by atoms with E-state index < -0.39 is 5.97 Å². The summed E-state index contributed by atoms with van der Waals surface area (Å²) in [6, 6.07) is 13.5. The number of hydrogen-bond donors (Lipinski definition) is 0. The number of nitrogens with zero attached hydrogens (tertiary/aromatic N) is 1. The fourth-order valence-corrected chi connectivity index (χ4v) is 2.21. The highest BCUT2D eigenvalue weighted by Crippen LogP contribution is 2.26. The second-order valence-corrected chi connectivity index (χ2v) is 4.76. The van der Waals surface area contributed by atoms with Crippen LogP contribution >= 0.6 is 0 Å². The summed E-state index contributed by atoms with van der Waals surface area (Å²) in [5.74, 6) is 0.203. The summed E-state index contributed by atoms with van der Waals surface area (Å²) in [5.41, 5.74) is 1.47. The molecule has 0 bridgehead atoms. The number of methoxy groups -OCH3 is 1. The number of rotatable bonds is 4. The molecule has 0 aliphatic carbocycles. The number of esters is 1. The van der Waals surface area contributed by atoms with E-state index in [2.05, 4.69) is 0 Å². The van der Waals surface area contributed by atoms with E-state index in [0.717, 1.165) is 22.1 Å². The van der Waals surface area contributed by atoms with Crippen LogP contribution in [0, 0.1) is 11.3 Å². The molecule has 4 heteroatoms. The van der Waals surface area contributed by atoms with E-state index in [1.165, 1.54) is 0 Å². The Morgan fingerprint density at radius 2 is 1.86 bits per heavy atom. The van der Waals surface area contributed by atoms with Gasteiger partial charge in [0.15, 0.2) is 0 Å². The van der Waals surface area contributed by atoms with Crippen LogP contribution in [0.4, 0.5) is 0 Å². The molecule has 0 fully saturated rings. The minimum atomic E-state index is -0.586. The molecule has 0 radical (unpaired) electrons. The molecule has 4 nitrogen and oxygen atoms in total. The molecule has 0 saturated carbocycles. The lowest BCUT2D eigenvalue weighted by Crippen LogP contribution is -2.08. The average Bonchev–Trinajstić information content (AvgIpc) is 2.54. The molecule has 2 rings (SSSR count). The highest BCUT2D eigenvalue weighted by Gasteiger charge is 2.15. The first-order valence-electron chi connectivity index (χ1n) is 6.97. The van der Waals surface area contributed by atoms with Crippen LogP contribution in [-0.2, 0) is 9.53 Å². The van der Waals surface area contributed by atoms with Crippen LogP contribution in [-0.4, -0.2) is 19.7 Å². The Labute approximate surface area is 129 Å². The summed E-state index contributed by atoms with van der Waals surface area (Å²) >= 11 is 0. The molecule has 0 spiro atoms. The molecule has 0 amide bonds. The fourth-order valence-electron chi connectivity index (χ4n) is 2.21. The smallest absolute Gasteiger partial charge is 0.349 e. The Bertz CT molecular complexity index is 785. The Balaban J connectivity index is 2.49. The van der Waals surface area contributed by atoms with Gasteiger partial charge in [-0.15, -0.1) is 0 Å². The number of allylic oxidation sites excluding steroid dienone is 1. The lowest BCUT2D eigenvalue weighted by atomic mass is 9.98. The zero-order valence-electron chi connectivity index (χ0n) is 12.8. The lowest BCUT2D eigenvalue weighted by Gasteiger charge is -2.08. The van der Waals surface area contributed by atoms with Gasteiger partial charge in [-0.25, -0.2) is 4.79 Å².